The predicted molar refractivity (Wildman–Crippen MR) is 124 cm³/mol. The van der Waals surface area contributed by atoms with E-state index in [1.54, 1.807) is 17.0 Å². The summed E-state index contributed by atoms with van der Waals surface area (Å²) < 4.78 is 1.24. The Balaban J connectivity index is 1.42. The second-order valence-corrected chi connectivity index (χ2v) is 8.36. The van der Waals surface area contributed by atoms with Crippen molar-refractivity contribution >= 4 is 34.8 Å². The van der Waals surface area contributed by atoms with Gasteiger partial charge < -0.3 is 9.80 Å². The SMILES string of the molecule is Cc1ccc(-c2ccc(=O)n(CC(=O)N3CCN(c4ccc(Cl)c(Cl)c4)CC3)n2)cc1. The number of anilines is 1. The first-order valence-corrected chi connectivity index (χ1v) is 10.8. The Morgan fingerprint density at radius 2 is 1.65 bits per heavy atom. The van der Waals surface area contributed by atoms with Gasteiger partial charge in [0.1, 0.15) is 6.54 Å². The van der Waals surface area contributed by atoms with Crippen molar-refractivity contribution in [2.45, 2.75) is 13.5 Å². The van der Waals surface area contributed by atoms with E-state index in [0.29, 0.717) is 41.9 Å². The largest absolute Gasteiger partial charge is 0.368 e. The fourth-order valence-electron chi connectivity index (χ4n) is 3.56. The molecule has 0 N–H and O–H groups in total. The molecule has 2 heterocycles. The number of amides is 1. The summed E-state index contributed by atoms with van der Waals surface area (Å²) >= 11 is 12.1. The molecule has 0 spiro atoms. The molecule has 0 unspecified atom stereocenters. The zero-order valence-corrected chi connectivity index (χ0v) is 18.6. The monoisotopic (exact) mass is 456 g/mol. The molecule has 1 aliphatic heterocycles. The van der Waals surface area contributed by atoms with Gasteiger partial charge in [-0.2, -0.15) is 5.10 Å². The van der Waals surface area contributed by atoms with Crippen molar-refractivity contribution < 1.29 is 4.79 Å². The van der Waals surface area contributed by atoms with Crippen LogP contribution in [0, 0.1) is 6.92 Å². The first kappa shape index (κ1) is 21.4. The molecule has 0 bridgehead atoms. The van der Waals surface area contributed by atoms with Gasteiger partial charge in [0.15, 0.2) is 0 Å². The second-order valence-electron chi connectivity index (χ2n) is 7.55. The Morgan fingerprint density at radius 3 is 2.32 bits per heavy atom. The topological polar surface area (TPSA) is 58.4 Å². The molecule has 1 fully saturated rings. The standard InChI is InChI=1S/C23H22Cl2N4O2/c1-16-2-4-17(5-3-16)21-8-9-22(30)29(26-21)15-23(31)28-12-10-27(11-13-28)18-6-7-19(24)20(25)14-18/h2-9,14H,10-13,15H2,1H3. The maximum absolute atomic E-state index is 12.8. The van der Waals surface area contributed by atoms with Crippen LogP contribution in [0.4, 0.5) is 5.69 Å². The molecule has 0 atom stereocenters. The van der Waals surface area contributed by atoms with Crippen LogP contribution in [0.3, 0.4) is 0 Å². The number of carbonyl (C=O) groups excluding carboxylic acids is 1. The minimum atomic E-state index is -0.293. The van der Waals surface area contributed by atoms with E-state index in [1.807, 2.05) is 43.3 Å². The minimum Gasteiger partial charge on any atom is -0.368 e. The van der Waals surface area contributed by atoms with Gasteiger partial charge in [0, 0.05) is 43.5 Å². The lowest BCUT2D eigenvalue weighted by Gasteiger charge is -2.36. The van der Waals surface area contributed by atoms with Crippen molar-refractivity contribution in [3.8, 4) is 11.3 Å². The molecule has 2 aromatic carbocycles. The molecule has 0 radical (unpaired) electrons. The minimum absolute atomic E-state index is 0.0781. The number of aromatic nitrogens is 2. The number of benzene rings is 2. The summed E-state index contributed by atoms with van der Waals surface area (Å²) in [6.07, 6.45) is 0. The van der Waals surface area contributed by atoms with Crippen LogP contribution in [0.15, 0.2) is 59.4 Å². The highest BCUT2D eigenvalue weighted by Crippen LogP contribution is 2.27. The molecule has 6 nitrogen and oxygen atoms in total. The Labute approximate surface area is 190 Å². The summed E-state index contributed by atoms with van der Waals surface area (Å²) in [7, 11) is 0. The third-order valence-electron chi connectivity index (χ3n) is 5.40. The molecule has 8 heteroatoms. The summed E-state index contributed by atoms with van der Waals surface area (Å²) in [5.41, 5.74) is 3.40. The van der Waals surface area contributed by atoms with Crippen LogP contribution in [0.5, 0.6) is 0 Å². The summed E-state index contributed by atoms with van der Waals surface area (Å²) in [5.74, 6) is -0.121. The van der Waals surface area contributed by atoms with E-state index in [1.165, 1.54) is 10.7 Å². The highest BCUT2D eigenvalue weighted by molar-refractivity contribution is 6.42. The van der Waals surface area contributed by atoms with E-state index in [9.17, 15) is 9.59 Å². The molecule has 1 aromatic heterocycles. The van der Waals surface area contributed by atoms with Gasteiger partial charge in [-0.1, -0.05) is 53.0 Å². The smallest absolute Gasteiger partial charge is 0.267 e. The Bertz CT molecular complexity index is 1150. The van der Waals surface area contributed by atoms with Crippen LogP contribution < -0.4 is 10.5 Å². The number of aryl methyl sites for hydroxylation is 1. The fourth-order valence-corrected chi connectivity index (χ4v) is 3.86. The lowest BCUT2D eigenvalue weighted by Crippen LogP contribution is -2.50. The Hall–Kier alpha value is -2.83. The second kappa shape index (κ2) is 9.12. The van der Waals surface area contributed by atoms with Crippen molar-refractivity contribution in [1.82, 2.24) is 14.7 Å². The third-order valence-corrected chi connectivity index (χ3v) is 6.14. The van der Waals surface area contributed by atoms with E-state index in [4.69, 9.17) is 23.2 Å². The average Bonchev–Trinajstić information content (AvgIpc) is 2.78. The van der Waals surface area contributed by atoms with Crippen LogP contribution >= 0.6 is 23.2 Å². The van der Waals surface area contributed by atoms with Crippen LogP contribution in [0.1, 0.15) is 5.56 Å². The van der Waals surface area contributed by atoms with Gasteiger partial charge >= 0.3 is 0 Å². The van der Waals surface area contributed by atoms with Crippen LogP contribution in [0.2, 0.25) is 10.0 Å². The van der Waals surface area contributed by atoms with Crippen molar-refractivity contribution in [2.75, 3.05) is 31.1 Å². The normalized spacial score (nSPS) is 14.0. The molecular formula is C23H22Cl2N4O2. The highest BCUT2D eigenvalue weighted by atomic mass is 35.5. The molecule has 3 aromatic rings. The molecular weight excluding hydrogens is 435 g/mol. The summed E-state index contributed by atoms with van der Waals surface area (Å²) in [6.45, 7) is 4.41. The van der Waals surface area contributed by atoms with Crippen molar-refractivity contribution in [3.63, 3.8) is 0 Å². The van der Waals surface area contributed by atoms with Crippen molar-refractivity contribution in [2.24, 2.45) is 0 Å². The Kier molecular flexibility index (Phi) is 6.30. The molecule has 1 saturated heterocycles. The number of piperazine rings is 1. The number of hydrogen-bond donors (Lipinski definition) is 0. The van der Waals surface area contributed by atoms with Crippen molar-refractivity contribution in [1.29, 1.82) is 0 Å². The molecule has 1 aliphatic rings. The van der Waals surface area contributed by atoms with Gasteiger partial charge in [0.25, 0.3) is 5.56 Å². The van der Waals surface area contributed by atoms with E-state index in [0.717, 1.165) is 16.8 Å². The van der Waals surface area contributed by atoms with E-state index in [2.05, 4.69) is 10.00 Å². The highest BCUT2D eigenvalue weighted by Gasteiger charge is 2.22. The number of hydrogen-bond acceptors (Lipinski definition) is 4. The van der Waals surface area contributed by atoms with Gasteiger partial charge in [-0.05, 0) is 31.2 Å². The van der Waals surface area contributed by atoms with Crippen molar-refractivity contribution in [3.05, 3.63) is 80.6 Å². The fraction of sp³-hybridized carbons (Fsp3) is 0.261. The quantitative estimate of drug-likeness (QED) is 0.597. The average molecular weight is 457 g/mol. The summed E-state index contributed by atoms with van der Waals surface area (Å²) in [4.78, 5) is 29.0. The summed E-state index contributed by atoms with van der Waals surface area (Å²) in [5, 5.41) is 5.44. The maximum atomic E-state index is 12.8. The van der Waals surface area contributed by atoms with Gasteiger partial charge in [0.05, 0.1) is 15.7 Å². The lowest BCUT2D eigenvalue weighted by molar-refractivity contribution is -0.132. The van der Waals surface area contributed by atoms with E-state index < -0.39 is 0 Å². The van der Waals surface area contributed by atoms with Crippen LogP contribution in [-0.4, -0.2) is 46.8 Å². The van der Waals surface area contributed by atoms with Gasteiger partial charge in [-0.25, -0.2) is 4.68 Å². The van der Waals surface area contributed by atoms with E-state index >= 15 is 0 Å². The molecule has 1 amide bonds. The Morgan fingerprint density at radius 1 is 0.935 bits per heavy atom. The molecule has 160 valence electrons. The zero-order chi connectivity index (χ0) is 22.0. The number of nitrogens with zero attached hydrogens (tertiary/aromatic N) is 4. The molecule has 0 saturated carbocycles. The van der Waals surface area contributed by atoms with Gasteiger partial charge in [0.2, 0.25) is 5.91 Å². The summed E-state index contributed by atoms with van der Waals surface area (Å²) in [6, 6.07) is 16.6. The number of halogens is 2. The first-order valence-electron chi connectivity index (χ1n) is 10.0. The van der Waals surface area contributed by atoms with Gasteiger partial charge in [-0.15, -0.1) is 0 Å². The molecule has 31 heavy (non-hydrogen) atoms. The third kappa shape index (κ3) is 4.92. The maximum Gasteiger partial charge on any atom is 0.267 e. The first-order chi connectivity index (χ1) is 14.9. The van der Waals surface area contributed by atoms with E-state index in [-0.39, 0.29) is 18.0 Å². The predicted octanol–water partition coefficient (Wildman–Crippen LogP) is 3.87. The zero-order valence-electron chi connectivity index (χ0n) is 17.1. The number of carbonyl (C=O) groups is 1. The van der Waals surface area contributed by atoms with Crippen LogP contribution in [0.25, 0.3) is 11.3 Å². The molecule has 4 rings (SSSR count). The van der Waals surface area contributed by atoms with Gasteiger partial charge in [-0.3, -0.25) is 9.59 Å². The lowest BCUT2D eigenvalue weighted by atomic mass is 10.1. The molecule has 0 aliphatic carbocycles. The number of rotatable bonds is 4. The van der Waals surface area contributed by atoms with Crippen LogP contribution in [-0.2, 0) is 11.3 Å².